The summed E-state index contributed by atoms with van der Waals surface area (Å²) < 4.78 is 10.1. The van der Waals surface area contributed by atoms with Crippen LogP contribution in [0.15, 0.2) is 24.5 Å². The lowest BCUT2D eigenvalue weighted by Gasteiger charge is -1.79. The Morgan fingerprint density at radius 2 is 1.62 bits per heavy atom. The molecule has 0 aliphatic carbocycles. The van der Waals surface area contributed by atoms with Gasteiger partial charge in [0.05, 0.1) is 0 Å². The zero-order chi connectivity index (χ0) is 6.41. The molecular formula is C5H8NOP. The van der Waals surface area contributed by atoms with Crippen molar-refractivity contribution in [3.63, 3.8) is 0 Å². The summed E-state index contributed by atoms with van der Waals surface area (Å²) in [5, 5.41) is 0. The molecule has 1 aromatic rings. The minimum Gasteiger partial charge on any atom is -0.357 e. The van der Waals surface area contributed by atoms with Crippen molar-refractivity contribution in [1.29, 1.82) is 0 Å². The molecule has 0 unspecified atom stereocenters. The minimum absolute atomic E-state index is 1.72. The molecule has 1 rings (SSSR count). The molecule has 0 fully saturated rings. The van der Waals surface area contributed by atoms with E-state index in [9.17, 15) is 0 Å². The molecule has 0 aliphatic heterocycles. The number of aryl methyl sites for hydroxylation is 1. The van der Waals surface area contributed by atoms with E-state index in [1.165, 1.54) is 0 Å². The van der Waals surface area contributed by atoms with Gasteiger partial charge in [0.1, 0.15) is 9.12 Å². The molecule has 3 heteroatoms. The van der Waals surface area contributed by atoms with Crippen LogP contribution >= 0.6 is 9.12 Å². The number of hydrogen-bond acceptors (Lipinski definition) is 1. The summed E-state index contributed by atoms with van der Waals surface area (Å²) in [7, 11) is 3.72. The summed E-state index contributed by atoms with van der Waals surface area (Å²) in [6, 6.07) is 4.00. The van der Waals surface area contributed by atoms with E-state index >= 15 is 0 Å². The van der Waals surface area contributed by atoms with Gasteiger partial charge in [-0.15, -0.1) is 0 Å². The fraction of sp³-hybridized carbons (Fsp3) is 0.200. The normalized spacial score (nSPS) is 7.12. The predicted molar refractivity (Wildman–Crippen MR) is 34.4 cm³/mol. The van der Waals surface area contributed by atoms with Crippen LogP contribution < -0.4 is 0 Å². The SMILES string of the molecule is Cn1cccc1.O=P. The van der Waals surface area contributed by atoms with Crippen molar-refractivity contribution in [2.24, 2.45) is 7.05 Å². The van der Waals surface area contributed by atoms with E-state index in [1.807, 2.05) is 36.1 Å². The molecule has 0 saturated heterocycles. The highest BCUT2D eigenvalue weighted by Crippen LogP contribution is 1.80. The summed E-state index contributed by atoms with van der Waals surface area (Å²) in [6.45, 7) is 0. The van der Waals surface area contributed by atoms with Crippen molar-refractivity contribution in [2.75, 3.05) is 0 Å². The first-order valence-corrected chi connectivity index (χ1v) is 2.58. The fourth-order valence-corrected chi connectivity index (χ4v) is 0.421. The standard InChI is InChI=1S/C5H7N.HOP/c1-6-4-2-3-5-6;1-2/h2-5H,1H3;2H. The molecule has 0 bridgehead atoms. The molecule has 0 atom stereocenters. The average molecular weight is 129 g/mol. The van der Waals surface area contributed by atoms with Crippen LogP contribution in [0.4, 0.5) is 0 Å². The highest BCUT2D eigenvalue weighted by atomic mass is 31.0. The molecule has 0 aliphatic rings. The lowest BCUT2D eigenvalue weighted by atomic mass is 10.7. The summed E-state index contributed by atoms with van der Waals surface area (Å²) in [5.74, 6) is 0. The monoisotopic (exact) mass is 129 g/mol. The quantitative estimate of drug-likeness (QED) is 0.486. The average Bonchev–Trinajstić information content (AvgIpc) is 2.24. The van der Waals surface area contributed by atoms with Crippen LogP contribution in [0.1, 0.15) is 0 Å². The maximum absolute atomic E-state index is 8.06. The second kappa shape index (κ2) is 4.54. The van der Waals surface area contributed by atoms with Crippen LogP contribution in [0.5, 0.6) is 0 Å². The predicted octanol–water partition coefficient (Wildman–Crippen LogP) is 1.50. The second-order valence-corrected chi connectivity index (χ2v) is 1.35. The van der Waals surface area contributed by atoms with Crippen molar-refractivity contribution < 1.29 is 4.57 Å². The lowest BCUT2D eigenvalue weighted by molar-refractivity contribution is 0.607. The molecule has 0 spiro atoms. The maximum atomic E-state index is 8.06. The first-order valence-electron chi connectivity index (χ1n) is 2.17. The van der Waals surface area contributed by atoms with Gasteiger partial charge in [0.25, 0.3) is 0 Å². The van der Waals surface area contributed by atoms with Gasteiger partial charge >= 0.3 is 0 Å². The van der Waals surface area contributed by atoms with E-state index in [1.54, 1.807) is 9.12 Å². The summed E-state index contributed by atoms with van der Waals surface area (Å²) in [4.78, 5) is 0. The van der Waals surface area contributed by atoms with Crippen molar-refractivity contribution in [3.8, 4) is 0 Å². The zero-order valence-corrected chi connectivity index (χ0v) is 5.66. The molecule has 0 N–H and O–H groups in total. The smallest absolute Gasteiger partial charge is 0.138 e. The lowest BCUT2D eigenvalue weighted by Crippen LogP contribution is -1.75. The van der Waals surface area contributed by atoms with Gasteiger partial charge < -0.3 is 4.57 Å². The summed E-state index contributed by atoms with van der Waals surface area (Å²) >= 11 is 0. The van der Waals surface area contributed by atoms with Gasteiger partial charge in [-0.05, 0) is 12.1 Å². The molecule has 1 heterocycles. The van der Waals surface area contributed by atoms with E-state index in [4.69, 9.17) is 4.57 Å². The number of rotatable bonds is 0. The largest absolute Gasteiger partial charge is 0.357 e. The molecule has 2 nitrogen and oxygen atoms in total. The number of aromatic nitrogens is 1. The van der Waals surface area contributed by atoms with E-state index in [2.05, 4.69) is 0 Å². The highest BCUT2D eigenvalue weighted by Gasteiger charge is 1.68. The fourth-order valence-electron chi connectivity index (χ4n) is 0.421. The molecule has 0 amide bonds. The molecular weight excluding hydrogens is 121 g/mol. The molecule has 0 saturated carbocycles. The Kier molecular flexibility index (Phi) is 4.19. The van der Waals surface area contributed by atoms with Gasteiger partial charge in [0, 0.05) is 19.4 Å². The third-order valence-corrected chi connectivity index (χ3v) is 0.754. The Balaban J connectivity index is 0.000000222. The van der Waals surface area contributed by atoms with Gasteiger partial charge in [-0.2, -0.15) is 0 Å². The van der Waals surface area contributed by atoms with Crippen LogP contribution in [0, 0.1) is 0 Å². The Hall–Kier alpha value is -0.620. The number of hydrogen-bond donors (Lipinski definition) is 0. The summed E-state index contributed by atoms with van der Waals surface area (Å²) in [5.41, 5.74) is 0. The molecule has 1 aromatic heterocycles. The van der Waals surface area contributed by atoms with E-state index in [0.717, 1.165) is 0 Å². The van der Waals surface area contributed by atoms with Crippen LogP contribution in [0.2, 0.25) is 0 Å². The first kappa shape index (κ1) is 7.38. The second-order valence-electron chi connectivity index (χ2n) is 1.35. The topological polar surface area (TPSA) is 22.0 Å². The summed E-state index contributed by atoms with van der Waals surface area (Å²) in [6.07, 6.45) is 4.00. The Labute approximate surface area is 50.8 Å². The Bertz CT molecular complexity index is 127. The van der Waals surface area contributed by atoms with Gasteiger partial charge in [-0.1, -0.05) is 0 Å². The minimum atomic E-state index is 1.72. The Morgan fingerprint density at radius 3 is 1.75 bits per heavy atom. The molecule has 8 heavy (non-hydrogen) atoms. The van der Waals surface area contributed by atoms with E-state index in [-0.39, 0.29) is 0 Å². The molecule has 44 valence electrons. The first-order chi connectivity index (χ1) is 3.89. The molecule has 0 aromatic carbocycles. The van der Waals surface area contributed by atoms with Crippen LogP contribution in [0.25, 0.3) is 0 Å². The third-order valence-electron chi connectivity index (χ3n) is 0.754. The van der Waals surface area contributed by atoms with E-state index in [0.29, 0.717) is 0 Å². The van der Waals surface area contributed by atoms with Crippen LogP contribution in [-0.2, 0) is 11.6 Å². The van der Waals surface area contributed by atoms with Gasteiger partial charge in [0.2, 0.25) is 0 Å². The van der Waals surface area contributed by atoms with Gasteiger partial charge in [-0.3, -0.25) is 4.57 Å². The van der Waals surface area contributed by atoms with Crippen molar-refractivity contribution in [3.05, 3.63) is 24.5 Å². The maximum Gasteiger partial charge on any atom is 0.138 e. The Morgan fingerprint density at radius 1 is 1.25 bits per heavy atom. The number of nitrogens with zero attached hydrogens (tertiary/aromatic N) is 1. The highest BCUT2D eigenvalue weighted by molar-refractivity contribution is 7.00. The van der Waals surface area contributed by atoms with Gasteiger partial charge in [0.15, 0.2) is 0 Å². The van der Waals surface area contributed by atoms with Gasteiger partial charge in [-0.25, -0.2) is 0 Å². The van der Waals surface area contributed by atoms with Crippen molar-refractivity contribution in [1.82, 2.24) is 4.57 Å². The van der Waals surface area contributed by atoms with Crippen molar-refractivity contribution in [2.45, 2.75) is 0 Å². The van der Waals surface area contributed by atoms with Crippen LogP contribution in [-0.4, -0.2) is 4.57 Å². The molecule has 0 radical (unpaired) electrons. The van der Waals surface area contributed by atoms with E-state index < -0.39 is 0 Å². The van der Waals surface area contributed by atoms with Crippen molar-refractivity contribution >= 4 is 9.12 Å². The third kappa shape index (κ3) is 2.54. The zero-order valence-electron chi connectivity index (χ0n) is 4.66. The van der Waals surface area contributed by atoms with Crippen LogP contribution in [0.3, 0.4) is 0 Å².